The van der Waals surface area contributed by atoms with Gasteiger partial charge in [-0.1, -0.05) is 12.1 Å². The number of fused-ring (bicyclic) bond motifs is 1. The topological polar surface area (TPSA) is 99.7 Å². The second-order valence-electron chi connectivity index (χ2n) is 11.9. The summed E-state index contributed by atoms with van der Waals surface area (Å²) < 4.78 is 3.21. The van der Waals surface area contributed by atoms with E-state index in [-0.39, 0.29) is 23.9 Å². The van der Waals surface area contributed by atoms with Gasteiger partial charge in [0.15, 0.2) is 5.65 Å². The van der Waals surface area contributed by atoms with Crippen molar-refractivity contribution in [3.05, 3.63) is 52.7 Å². The summed E-state index contributed by atoms with van der Waals surface area (Å²) in [5, 5.41) is 16.2. The molecule has 3 aromatic rings. The lowest BCUT2D eigenvalue weighted by Crippen LogP contribution is -2.50. The minimum absolute atomic E-state index is 0.158. The number of carbonyl (C=O) groups is 1. The van der Waals surface area contributed by atoms with E-state index in [2.05, 4.69) is 46.1 Å². The summed E-state index contributed by atoms with van der Waals surface area (Å²) in [4.78, 5) is 37.0. The van der Waals surface area contributed by atoms with Crippen LogP contribution in [-0.2, 0) is 17.9 Å². The van der Waals surface area contributed by atoms with Crippen molar-refractivity contribution in [2.45, 2.75) is 63.3 Å². The molecule has 208 valence electrons. The van der Waals surface area contributed by atoms with E-state index in [1.54, 1.807) is 10.9 Å². The molecule has 0 radical (unpaired) electrons. The van der Waals surface area contributed by atoms with Crippen molar-refractivity contribution < 1.29 is 9.90 Å². The third-order valence-corrected chi connectivity index (χ3v) is 8.80. The molecule has 0 bridgehead atoms. The maximum absolute atomic E-state index is 13.3. The summed E-state index contributed by atoms with van der Waals surface area (Å²) in [5.74, 6) is 0.394. The quantitative estimate of drug-likeness (QED) is 0.495. The third kappa shape index (κ3) is 5.50. The zero-order valence-electron chi connectivity index (χ0n) is 23.0. The summed E-state index contributed by atoms with van der Waals surface area (Å²) >= 11 is 0. The molecular weight excluding hydrogens is 494 g/mol. The predicted molar refractivity (Wildman–Crippen MR) is 149 cm³/mol. The first-order valence-corrected chi connectivity index (χ1v) is 14.2. The molecule has 1 saturated carbocycles. The largest absolute Gasteiger partial charge is 0.388 e. The molecule has 10 nitrogen and oxygen atoms in total. The minimum Gasteiger partial charge on any atom is -0.388 e. The number of carbonyl (C=O) groups excluding carboxylic acids is 1. The van der Waals surface area contributed by atoms with Gasteiger partial charge in [-0.15, -0.1) is 0 Å². The SMILES string of the molecule is CN(C)C1CCN(Cc2cccc(-n3ncc4c(=O)n(CC5(O)CCN(C(=O)C6CC6)CC5)cnc43)c2)CC1. The van der Waals surface area contributed by atoms with Crippen LogP contribution in [0.25, 0.3) is 16.7 Å². The molecule has 0 atom stereocenters. The molecule has 10 heteroatoms. The van der Waals surface area contributed by atoms with E-state index < -0.39 is 5.60 Å². The number of amides is 1. The molecule has 1 N–H and O–H groups in total. The van der Waals surface area contributed by atoms with E-state index >= 15 is 0 Å². The molecular formula is C29H39N7O3. The van der Waals surface area contributed by atoms with Gasteiger partial charge in [0.2, 0.25) is 5.91 Å². The summed E-state index contributed by atoms with van der Waals surface area (Å²) in [6.07, 6.45) is 8.31. The molecule has 1 amide bonds. The zero-order valence-corrected chi connectivity index (χ0v) is 23.0. The second kappa shape index (κ2) is 10.5. The Morgan fingerprint density at radius 2 is 1.85 bits per heavy atom. The van der Waals surface area contributed by atoms with Crippen LogP contribution in [0.5, 0.6) is 0 Å². The summed E-state index contributed by atoms with van der Waals surface area (Å²) in [7, 11) is 4.32. The lowest BCUT2D eigenvalue weighted by Gasteiger charge is -2.38. The van der Waals surface area contributed by atoms with Crippen LogP contribution in [0.15, 0.2) is 41.6 Å². The number of piperidine rings is 2. The Labute approximate surface area is 228 Å². The number of likely N-dealkylation sites (tertiary alicyclic amines) is 2. The van der Waals surface area contributed by atoms with Crippen LogP contribution in [-0.4, -0.2) is 97.0 Å². The summed E-state index contributed by atoms with van der Waals surface area (Å²) in [6.45, 7) is 4.26. The second-order valence-corrected chi connectivity index (χ2v) is 11.9. The van der Waals surface area contributed by atoms with E-state index in [1.165, 1.54) is 29.3 Å². The molecule has 39 heavy (non-hydrogen) atoms. The van der Waals surface area contributed by atoms with Crippen LogP contribution >= 0.6 is 0 Å². The molecule has 0 unspecified atom stereocenters. The van der Waals surface area contributed by atoms with Crippen molar-refractivity contribution in [2.75, 3.05) is 40.3 Å². The highest BCUT2D eigenvalue weighted by molar-refractivity contribution is 5.81. The van der Waals surface area contributed by atoms with Crippen molar-refractivity contribution in [3.8, 4) is 5.69 Å². The Morgan fingerprint density at radius 3 is 2.54 bits per heavy atom. The molecule has 2 aliphatic heterocycles. The monoisotopic (exact) mass is 533 g/mol. The van der Waals surface area contributed by atoms with Crippen molar-refractivity contribution in [3.63, 3.8) is 0 Å². The first kappa shape index (κ1) is 26.2. The zero-order chi connectivity index (χ0) is 27.1. The molecule has 4 heterocycles. The van der Waals surface area contributed by atoms with Crippen molar-refractivity contribution in [1.82, 2.24) is 34.0 Å². The van der Waals surface area contributed by atoms with Crippen LogP contribution < -0.4 is 5.56 Å². The number of rotatable bonds is 7. The number of aliphatic hydroxyl groups is 1. The lowest BCUT2D eigenvalue weighted by atomic mass is 9.91. The third-order valence-electron chi connectivity index (χ3n) is 8.80. The number of nitrogens with zero attached hydrogens (tertiary/aromatic N) is 7. The van der Waals surface area contributed by atoms with E-state index in [0.29, 0.717) is 43.0 Å². The standard InChI is InChI=1S/C29H39N7O3/c1-32(2)23-8-12-33(13-9-23)18-21-4-3-5-24(16-21)36-26-25(17-31-36)28(38)35(20-30-26)19-29(39)10-14-34(15-11-29)27(37)22-6-7-22/h3-5,16-17,20,22-23,39H,6-15,18-19H2,1-2H3. The van der Waals surface area contributed by atoms with Gasteiger partial charge in [-0.05, 0) is 83.4 Å². The highest BCUT2D eigenvalue weighted by Gasteiger charge is 2.39. The fraction of sp³-hybridized carbons (Fsp3) is 0.586. The Hall–Kier alpha value is -3.08. The van der Waals surface area contributed by atoms with Gasteiger partial charge in [-0.2, -0.15) is 5.10 Å². The molecule has 1 aromatic carbocycles. The maximum Gasteiger partial charge on any atom is 0.264 e. The van der Waals surface area contributed by atoms with Gasteiger partial charge in [-0.25, -0.2) is 9.67 Å². The van der Waals surface area contributed by atoms with Crippen LogP contribution in [0.4, 0.5) is 0 Å². The van der Waals surface area contributed by atoms with Crippen LogP contribution in [0, 0.1) is 5.92 Å². The van der Waals surface area contributed by atoms with Crippen LogP contribution in [0.2, 0.25) is 0 Å². The lowest BCUT2D eigenvalue weighted by molar-refractivity contribution is -0.137. The number of aromatic nitrogens is 4. The van der Waals surface area contributed by atoms with E-state index in [4.69, 9.17) is 0 Å². The van der Waals surface area contributed by atoms with Gasteiger partial charge in [-0.3, -0.25) is 19.1 Å². The van der Waals surface area contributed by atoms with Gasteiger partial charge < -0.3 is 14.9 Å². The van der Waals surface area contributed by atoms with Crippen LogP contribution in [0.3, 0.4) is 0 Å². The highest BCUT2D eigenvalue weighted by atomic mass is 16.3. The molecule has 3 fully saturated rings. The van der Waals surface area contributed by atoms with E-state index in [0.717, 1.165) is 38.2 Å². The average Bonchev–Trinajstić information content (AvgIpc) is 3.69. The van der Waals surface area contributed by atoms with Gasteiger partial charge >= 0.3 is 0 Å². The molecule has 1 aliphatic carbocycles. The Balaban J connectivity index is 1.15. The van der Waals surface area contributed by atoms with Crippen molar-refractivity contribution in [1.29, 1.82) is 0 Å². The van der Waals surface area contributed by atoms with Crippen molar-refractivity contribution >= 4 is 16.9 Å². The van der Waals surface area contributed by atoms with Gasteiger partial charge in [0.05, 0.1) is 24.0 Å². The highest BCUT2D eigenvalue weighted by Crippen LogP contribution is 2.33. The molecule has 2 saturated heterocycles. The first-order valence-electron chi connectivity index (χ1n) is 14.2. The van der Waals surface area contributed by atoms with E-state index in [9.17, 15) is 14.7 Å². The van der Waals surface area contributed by atoms with E-state index in [1.807, 2.05) is 17.0 Å². The smallest absolute Gasteiger partial charge is 0.264 e. The predicted octanol–water partition coefficient (Wildman–Crippen LogP) is 1.87. The summed E-state index contributed by atoms with van der Waals surface area (Å²) in [6, 6.07) is 8.93. The molecule has 3 aliphatic rings. The normalized spacial score (nSPS) is 20.7. The number of hydrogen-bond acceptors (Lipinski definition) is 7. The summed E-state index contributed by atoms with van der Waals surface area (Å²) in [5.41, 5.74) is 1.35. The Bertz CT molecular complexity index is 1390. The van der Waals surface area contributed by atoms with Gasteiger partial charge in [0, 0.05) is 31.6 Å². The van der Waals surface area contributed by atoms with Crippen LogP contribution in [0.1, 0.15) is 44.1 Å². The fourth-order valence-corrected chi connectivity index (χ4v) is 6.10. The first-order chi connectivity index (χ1) is 18.8. The Morgan fingerprint density at radius 1 is 1.10 bits per heavy atom. The molecule has 6 rings (SSSR count). The number of benzene rings is 1. The average molecular weight is 534 g/mol. The number of hydrogen-bond donors (Lipinski definition) is 1. The molecule has 0 spiro atoms. The van der Waals surface area contributed by atoms with Gasteiger partial charge in [0.1, 0.15) is 11.7 Å². The van der Waals surface area contributed by atoms with Gasteiger partial charge in [0.25, 0.3) is 5.56 Å². The molecule has 2 aromatic heterocycles. The Kier molecular flexibility index (Phi) is 7.03. The maximum atomic E-state index is 13.3. The fourth-order valence-electron chi connectivity index (χ4n) is 6.10. The minimum atomic E-state index is -1.04. The van der Waals surface area contributed by atoms with Crippen molar-refractivity contribution in [2.24, 2.45) is 5.92 Å².